The minimum atomic E-state index is -0.933. The summed E-state index contributed by atoms with van der Waals surface area (Å²) in [4.78, 5) is 24.3. The lowest BCUT2D eigenvalue weighted by Gasteiger charge is -2.17. The van der Waals surface area contributed by atoms with Gasteiger partial charge in [-0.3, -0.25) is 19.6 Å². The second kappa shape index (κ2) is 5.14. The molecule has 7 heteroatoms. The summed E-state index contributed by atoms with van der Waals surface area (Å²) in [7, 11) is 3.13. The topological polar surface area (TPSA) is 58.4 Å². The van der Waals surface area contributed by atoms with Gasteiger partial charge in [-0.15, -0.1) is 0 Å². The average Bonchev–Trinajstić information content (AvgIpc) is 3.03. The molecular weight excluding hydrogens is 304 g/mol. The van der Waals surface area contributed by atoms with Crippen LogP contribution in [0.4, 0.5) is 0 Å². The van der Waals surface area contributed by atoms with Gasteiger partial charge < -0.3 is 0 Å². The largest absolute Gasteiger partial charge is 0.275 e. The normalized spacial score (nSPS) is 16.0. The monoisotopic (exact) mass is 318 g/mol. The van der Waals surface area contributed by atoms with E-state index in [9.17, 15) is 9.59 Å². The molecule has 1 aromatic carbocycles. The van der Waals surface area contributed by atoms with Crippen molar-refractivity contribution in [3.8, 4) is 11.3 Å². The molecule has 0 atom stereocenters. The predicted octanol–water partition coefficient (Wildman–Crippen LogP) is 1.90. The smallest absolute Gasteiger partial charge is 0.270 e. The molecule has 2 amide bonds. The standard InChI is InChI=1S/C15H15ClN4O2/c1-9-8-10(4-5-11(9)16)12-6-7-20(17-12)13-14(21)18(2)19(3)15(13)22/h4-8,13H,1-3H3. The van der Waals surface area contributed by atoms with E-state index in [4.69, 9.17) is 11.6 Å². The van der Waals surface area contributed by atoms with E-state index in [0.29, 0.717) is 10.7 Å². The number of aromatic nitrogens is 2. The van der Waals surface area contributed by atoms with Gasteiger partial charge in [0.05, 0.1) is 5.69 Å². The zero-order chi connectivity index (χ0) is 16.0. The van der Waals surface area contributed by atoms with Gasteiger partial charge in [-0.1, -0.05) is 17.7 Å². The molecule has 1 aliphatic heterocycles. The molecule has 2 aromatic rings. The lowest BCUT2D eigenvalue weighted by atomic mass is 10.1. The molecule has 1 aliphatic rings. The Labute approximate surface area is 132 Å². The van der Waals surface area contributed by atoms with Gasteiger partial charge in [-0.25, -0.2) is 4.68 Å². The molecule has 1 saturated heterocycles. The Kier molecular flexibility index (Phi) is 3.41. The van der Waals surface area contributed by atoms with Gasteiger partial charge in [0.2, 0.25) is 6.04 Å². The fourth-order valence-electron chi connectivity index (χ4n) is 2.42. The number of hydrogen-bond acceptors (Lipinski definition) is 3. The number of hydrogen-bond donors (Lipinski definition) is 0. The van der Waals surface area contributed by atoms with Crippen LogP contribution in [0.1, 0.15) is 11.6 Å². The van der Waals surface area contributed by atoms with Crippen molar-refractivity contribution < 1.29 is 9.59 Å². The van der Waals surface area contributed by atoms with E-state index in [1.165, 1.54) is 14.7 Å². The molecule has 0 unspecified atom stereocenters. The molecule has 3 rings (SSSR count). The van der Waals surface area contributed by atoms with Crippen molar-refractivity contribution in [2.45, 2.75) is 13.0 Å². The fraction of sp³-hybridized carbons (Fsp3) is 0.267. The van der Waals surface area contributed by atoms with Crippen LogP contribution in [0.3, 0.4) is 0 Å². The van der Waals surface area contributed by atoms with Gasteiger partial charge in [0.25, 0.3) is 11.8 Å². The number of hydrazine groups is 1. The highest BCUT2D eigenvalue weighted by molar-refractivity contribution is 6.31. The highest BCUT2D eigenvalue weighted by Gasteiger charge is 2.43. The lowest BCUT2D eigenvalue weighted by molar-refractivity contribution is -0.141. The maximum Gasteiger partial charge on any atom is 0.275 e. The second-order valence-corrected chi connectivity index (χ2v) is 5.68. The van der Waals surface area contributed by atoms with E-state index in [1.54, 1.807) is 32.4 Å². The van der Waals surface area contributed by atoms with Gasteiger partial charge in [-0.05, 0) is 30.7 Å². The molecule has 0 aliphatic carbocycles. The number of aryl methyl sites for hydroxylation is 1. The second-order valence-electron chi connectivity index (χ2n) is 5.27. The van der Waals surface area contributed by atoms with Crippen molar-refractivity contribution >= 4 is 23.4 Å². The van der Waals surface area contributed by atoms with Crippen LogP contribution in [0, 0.1) is 6.92 Å². The summed E-state index contributed by atoms with van der Waals surface area (Å²) in [5.41, 5.74) is 2.53. The van der Waals surface area contributed by atoms with E-state index in [0.717, 1.165) is 11.1 Å². The summed E-state index contributed by atoms with van der Waals surface area (Å²) >= 11 is 6.02. The van der Waals surface area contributed by atoms with E-state index in [1.807, 2.05) is 19.1 Å². The molecule has 114 valence electrons. The SMILES string of the molecule is Cc1cc(-c2ccn(C3C(=O)N(C)N(C)C3=O)n2)ccc1Cl. The van der Waals surface area contributed by atoms with Crippen LogP contribution < -0.4 is 0 Å². The van der Waals surface area contributed by atoms with Gasteiger partial charge in [0, 0.05) is 30.9 Å². The van der Waals surface area contributed by atoms with Crippen LogP contribution in [0.25, 0.3) is 11.3 Å². The quantitative estimate of drug-likeness (QED) is 0.795. The number of halogens is 1. The number of rotatable bonds is 2. The van der Waals surface area contributed by atoms with Crippen molar-refractivity contribution in [1.82, 2.24) is 19.8 Å². The Morgan fingerprint density at radius 1 is 1.09 bits per heavy atom. The molecule has 0 N–H and O–H groups in total. The number of carbonyl (C=O) groups excluding carboxylic acids is 2. The third kappa shape index (κ3) is 2.16. The van der Waals surface area contributed by atoms with E-state index in [-0.39, 0.29) is 11.8 Å². The van der Waals surface area contributed by atoms with Crippen LogP contribution in [-0.4, -0.2) is 45.7 Å². The molecule has 0 spiro atoms. The number of nitrogens with zero attached hydrogens (tertiary/aromatic N) is 4. The Hall–Kier alpha value is -2.34. The predicted molar refractivity (Wildman–Crippen MR) is 82.0 cm³/mol. The summed E-state index contributed by atoms with van der Waals surface area (Å²) in [6, 6.07) is 6.43. The summed E-state index contributed by atoms with van der Waals surface area (Å²) < 4.78 is 1.41. The highest BCUT2D eigenvalue weighted by Crippen LogP contribution is 2.26. The first kappa shape index (κ1) is 14.6. The fourth-order valence-corrected chi connectivity index (χ4v) is 2.54. The Balaban J connectivity index is 1.96. The number of carbonyl (C=O) groups is 2. The van der Waals surface area contributed by atoms with Crippen LogP contribution in [0.15, 0.2) is 30.5 Å². The zero-order valence-corrected chi connectivity index (χ0v) is 13.2. The molecule has 0 bridgehead atoms. The van der Waals surface area contributed by atoms with Crippen molar-refractivity contribution in [3.05, 3.63) is 41.0 Å². The zero-order valence-electron chi connectivity index (χ0n) is 12.4. The van der Waals surface area contributed by atoms with Gasteiger partial charge >= 0.3 is 0 Å². The molecule has 1 aromatic heterocycles. The molecule has 2 heterocycles. The number of amides is 2. The average molecular weight is 319 g/mol. The lowest BCUT2D eigenvalue weighted by Crippen LogP contribution is -2.33. The number of likely N-dealkylation sites (N-methyl/N-ethyl adjacent to an activating group) is 2. The maximum absolute atomic E-state index is 12.2. The van der Waals surface area contributed by atoms with Gasteiger partial charge in [0.1, 0.15) is 0 Å². The van der Waals surface area contributed by atoms with Crippen molar-refractivity contribution in [2.75, 3.05) is 14.1 Å². The molecular formula is C15H15ClN4O2. The van der Waals surface area contributed by atoms with Gasteiger partial charge in [0.15, 0.2) is 0 Å². The summed E-state index contributed by atoms with van der Waals surface area (Å²) in [5, 5.41) is 7.65. The van der Waals surface area contributed by atoms with Crippen LogP contribution >= 0.6 is 11.6 Å². The van der Waals surface area contributed by atoms with Crippen LogP contribution in [0.5, 0.6) is 0 Å². The molecule has 6 nitrogen and oxygen atoms in total. The first-order valence-corrected chi connectivity index (χ1v) is 7.14. The van der Waals surface area contributed by atoms with E-state index >= 15 is 0 Å². The Bertz CT molecular complexity index is 751. The third-order valence-corrected chi connectivity index (χ3v) is 4.31. The molecule has 0 radical (unpaired) electrons. The minimum Gasteiger partial charge on any atom is -0.270 e. The van der Waals surface area contributed by atoms with Gasteiger partial charge in [-0.2, -0.15) is 5.10 Å². The molecule has 0 saturated carbocycles. The summed E-state index contributed by atoms with van der Waals surface area (Å²) in [6.45, 7) is 1.91. The van der Waals surface area contributed by atoms with Crippen molar-refractivity contribution in [3.63, 3.8) is 0 Å². The molecule has 1 fully saturated rings. The Morgan fingerprint density at radius 2 is 1.73 bits per heavy atom. The minimum absolute atomic E-state index is 0.297. The van der Waals surface area contributed by atoms with Crippen LogP contribution in [0.2, 0.25) is 5.02 Å². The van der Waals surface area contributed by atoms with E-state index in [2.05, 4.69) is 5.10 Å². The third-order valence-electron chi connectivity index (χ3n) is 3.88. The summed E-state index contributed by atoms with van der Waals surface area (Å²) in [6.07, 6.45) is 1.65. The van der Waals surface area contributed by atoms with Crippen molar-refractivity contribution in [1.29, 1.82) is 0 Å². The van der Waals surface area contributed by atoms with Crippen molar-refractivity contribution in [2.24, 2.45) is 0 Å². The summed E-state index contributed by atoms with van der Waals surface area (Å²) in [5.74, 6) is -0.594. The first-order valence-electron chi connectivity index (χ1n) is 6.77. The Morgan fingerprint density at radius 3 is 2.32 bits per heavy atom. The van der Waals surface area contributed by atoms with E-state index < -0.39 is 6.04 Å². The van der Waals surface area contributed by atoms with Crippen LogP contribution in [-0.2, 0) is 9.59 Å². The number of benzene rings is 1. The maximum atomic E-state index is 12.2. The highest BCUT2D eigenvalue weighted by atomic mass is 35.5. The first-order chi connectivity index (χ1) is 10.4. The molecule has 22 heavy (non-hydrogen) atoms.